The van der Waals surface area contributed by atoms with Crippen LogP contribution in [-0.2, 0) is 23.1 Å². The number of benzene rings is 2. The van der Waals surface area contributed by atoms with Crippen molar-refractivity contribution in [3.63, 3.8) is 0 Å². The van der Waals surface area contributed by atoms with Gasteiger partial charge in [-0.3, -0.25) is 0 Å². The number of aryl methyl sites for hydroxylation is 2. The molecule has 0 radical (unpaired) electrons. The number of nitrogens with one attached hydrogen (secondary N) is 1. The fourth-order valence-electron chi connectivity index (χ4n) is 2.59. The Morgan fingerprint density at radius 3 is 2.64 bits per heavy atom. The van der Waals surface area contributed by atoms with Gasteiger partial charge in [-0.05, 0) is 42.2 Å². The van der Waals surface area contributed by atoms with Crippen LogP contribution in [0.3, 0.4) is 0 Å². The van der Waals surface area contributed by atoms with Crippen LogP contribution >= 0.6 is 0 Å². The number of sulfonamides is 1. The lowest BCUT2D eigenvalue weighted by Crippen LogP contribution is -2.24. The molecule has 0 bridgehead atoms. The first kappa shape index (κ1) is 17.3. The molecule has 0 aliphatic rings. The van der Waals surface area contributed by atoms with Crippen molar-refractivity contribution in [2.75, 3.05) is 0 Å². The van der Waals surface area contributed by atoms with E-state index in [0.717, 1.165) is 22.3 Å². The highest BCUT2D eigenvalue weighted by Crippen LogP contribution is 2.17. The molecular weight excluding hydrogens is 336 g/mol. The zero-order valence-corrected chi connectivity index (χ0v) is 15.0. The Bertz CT molecular complexity index is 967. The molecule has 7 heteroatoms. The molecule has 0 spiro atoms. The van der Waals surface area contributed by atoms with Crippen molar-refractivity contribution < 1.29 is 8.42 Å². The molecule has 0 aliphatic carbocycles. The molecule has 130 valence electrons. The second-order valence-electron chi connectivity index (χ2n) is 6.01. The van der Waals surface area contributed by atoms with Crippen molar-refractivity contribution >= 4 is 10.0 Å². The molecule has 0 saturated carbocycles. The maximum Gasteiger partial charge on any atom is 0.241 e. The van der Waals surface area contributed by atoms with Gasteiger partial charge in [-0.25, -0.2) is 22.8 Å². The normalized spacial score (nSPS) is 11.6. The summed E-state index contributed by atoms with van der Waals surface area (Å²) in [6.07, 6.45) is 3.14. The topological polar surface area (TPSA) is 76.9 Å². The molecular formula is C18H20N4O2S. The molecule has 1 aromatic heterocycles. The first-order chi connectivity index (χ1) is 11.9. The van der Waals surface area contributed by atoms with Crippen molar-refractivity contribution in [2.24, 2.45) is 0 Å². The van der Waals surface area contributed by atoms with E-state index in [2.05, 4.69) is 14.8 Å². The first-order valence-electron chi connectivity index (χ1n) is 7.91. The van der Waals surface area contributed by atoms with Gasteiger partial charge in [-0.2, -0.15) is 5.10 Å². The van der Waals surface area contributed by atoms with E-state index in [0.29, 0.717) is 11.4 Å². The monoisotopic (exact) mass is 356 g/mol. The Hall–Kier alpha value is -2.51. The summed E-state index contributed by atoms with van der Waals surface area (Å²) in [4.78, 5) is 4.24. The van der Waals surface area contributed by atoms with E-state index >= 15 is 0 Å². The number of hydrogen-bond acceptors (Lipinski definition) is 4. The van der Waals surface area contributed by atoms with Gasteiger partial charge >= 0.3 is 0 Å². The van der Waals surface area contributed by atoms with Crippen LogP contribution in [0, 0.1) is 13.8 Å². The fraction of sp³-hybridized carbons (Fsp3) is 0.222. The minimum absolute atomic E-state index is 0.237. The van der Waals surface area contributed by atoms with E-state index in [4.69, 9.17) is 0 Å². The van der Waals surface area contributed by atoms with Gasteiger partial charge in [-0.1, -0.05) is 36.4 Å². The van der Waals surface area contributed by atoms with Crippen LogP contribution in [0.25, 0.3) is 0 Å². The average molecular weight is 356 g/mol. The Morgan fingerprint density at radius 1 is 1.08 bits per heavy atom. The van der Waals surface area contributed by atoms with Gasteiger partial charge in [0.25, 0.3) is 0 Å². The van der Waals surface area contributed by atoms with Crippen LogP contribution in [0.5, 0.6) is 0 Å². The maximum atomic E-state index is 12.6. The lowest BCUT2D eigenvalue weighted by Gasteiger charge is -2.11. The van der Waals surface area contributed by atoms with E-state index in [1.165, 1.54) is 6.33 Å². The summed E-state index contributed by atoms with van der Waals surface area (Å²) in [5, 5.41) is 4.08. The Kier molecular flexibility index (Phi) is 4.96. The summed E-state index contributed by atoms with van der Waals surface area (Å²) in [5.74, 6) is 0. The van der Waals surface area contributed by atoms with Gasteiger partial charge in [0.05, 0.1) is 11.4 Å². The molecule has 0 amide bonds. The molecule has 6 nitrogen and oxygen atoms in total. The van der Waals surface area contributed by atoms with Crippen LogP contribution in [0.2, 0.25) is 0 Å². The largest absolute Gasteiger partial charge is 0.249 e. The van der Waals surface area contributed by atoms with Gasteiger partial charge in [-0.15, -0.1) is 0 Å². The molecule has 3 aromatic rings. The van der Waals surface area contributed by atoms with E-state index in [1.807, 2.05) is 43.3 Å². The first-order valence-corrected chi connectivity index (χ1v) is 9.39. The molecule has 0 saturated heterocycles. The SMILES string of the molecule is Cc1ccc(C)c(S(=O)(=O)NCc2cccc(Cn3cncn3)c2)c1. The predicted octanol–water partition coefficient (Wildman–Crippen LogP) is 2.42. The van der Waals surface area contributed by atoms with Gasteiger partial charge in [0.1, 0.15) is 12.7 Å². The van der Waals surface area contributed by atoms with E-state index in [9.17, 15) is 8.42 Å². The molecule has 25 heavy (non-hydrogen) atoms. The van der Waals surface area contributed by atoms with E-state index in [-0.39, 0.29) is 6.54 Å². The number of rotatable bonds is 6. The zero-order chi connectivity index (χ0) is 17.9. The third kappa shape index (κ3) is 4.32. The van der Waals surface area contributed by atoms with Crippen molar-refractivity contribution in [3.05, 3.63) is 77.4 Å². The smallest absolute Gasteiger partial charge is 0.241 e. The minimum Gasteiger partial charge on any atom is -0.249 e. The van der Waals surface area contributed by atoms with Crippen LogP contribution in [-0.4, -0.2) is 23.2 Å². The number of hydrogen-bond donors (Lipinski definition) is 1. The molecule has 2 aromatic carbocycles. The van der Waals surface area contributed by atoms with Gasteiger partial charge in [0.15, 0.2) is 0 Å². The standard InChI is InChI=1S/C18H20N4O2S/c1-14-6-7-15(2)18(8-14)25(23,24)21-10-16-4-3-5-17(9-16)11-22-13-19-12-20-22/h3-9,12-13,21H,10-11H2,1-2H3. The predicted molar refractivity (Wildman–Crippen MR) is 95.5 cm³/mol. The van der Waals surface area contributed by atoms with Gasteiger partial charge in [0.2, 0.25) is 10.0 Å². The van der Waals surface area contributed by atoms with Crippen LogP contribution in [0.1, 0.15) is 22.3 Å². The van der Waals surface area contributed by atoms with Crippen molar-refractivity contribution in [1.82, 2.24) is 19.5 Å². The fourth-order valence-corrected chi connectivity index (χ4v) is 3.94. The third-order valence-corrected chi connectivity index (χ3v) is 5.45. The highest BCUT2D eigenvalue weighted by atomic mass is 32.2. The lowest BCUT2D eigenvalue weighted by molar-refractivity contribution is 0.580. The minimum atomic E-state index is -3.55. The molecule has 1 heterocycles. The van der Waals surface area contributed by atoms with Crippen molar-refractivity contribution in [1.29, 1.82) is 0 Å². The van der Waals surface area contributed by atoms with Gasteiger partial charge < -0.3 is 0 Å². The highest BCUT2D eigenvalue weighted by molar-refractivity contribution is 7.89. The van der Waals surface area contributed by atoms with Gasteiger partial charge in [0, 0.05) is 6.54 Å². The Balaban J connectivity index is 1.73. The zero-order valence-electron chi connectivity index (χ0n) is 14.2. The molecule has 0 unspecified atom stereocenters. The van der Waals surface area contributed by atoms with E-state index < -0.39 is 10.0 Å². The second-order valence-corrected chi connectivity index (χ2v) is 7.74. The highest BCUT2D eigenvalue weighted by Gasteiger charge is 2.16. The summed E-state index contributed by atoms with van der Waals surface area (Å²) in [6.45, 7) is 4.51. The lowest BCUT2D eigenvalue weighted by atomic mass is 10.1. The third-order valence-electron chi connectivity index (χ3n) is 3.90. The van der Waals surface area contributed by atoms with Crippen molar-refractivity contribution in [2.45, 2.75) is 31.8 Å². The van der Waals surface area contributed by atoms with Crippen molar-refractivity contribution in [3.8, 4) is 0 Å². The Morgan fingerprint density at radius 2 is 1.88 bits per heavy atom. The maximum absolute atomic E-state index is 12.6. The molecule has 0 aliphatic heterocycles. The number of nitrogens with zero attached hydrogens (tertiary/aromatic N) is 3. The Labute approximate surface area is 147 Å². The van der Waals surface area contributed by atoms with Crippen LogP contribution in [0.15, 0.2) is 60.0 Å². The average Bonchev–Trinajstić information content (AvgIpc) is 3.08. The van der Waals surface area contributed by atoms with Crippen LogP contribution in [0.4, 0.5) is 0 Å². The summed E-state index contributed by atoms with van der Waals surface area (Å²) in [5.41, 5.74) is 3.58. The summed E-state index contributed by atoms with van der Waals surface area (Å²) in [7, 11) is -3.55. The molecule has 0 fully saturated rings. The quantitative estimate of drug-likeness (QED) is 0.736. The second kappa shape index (κ2) is 7.16. The summed E-state index contributed by atoms with van der Waals surface area (Å²) < 4.78 is 29.6. The number of aromatic nitrogens is 3. The van der Waals surface area contributed by atoms with Crippen LogP contribution < -0.4 is 4.72 Å². The molecule has 1 N–H and O–H groups in total. The molecule has 3 rings (SSSR count). The summed E-state index contributed by atoms with van der Waals surface area (Å²) in [6, 6.07) is 13.2. The van der Waals surface area contributed by atoms with E-state index in [1.54, 1.807) is 24.0 Å². The summed E-state index contributed by atoms with van der Waals surface area (Å²) >= 11 is 0. The molecule has 0 atom stereocenters.